The summed E-state index contributed by atoms with van der Waals surface area (Å²) in [6.07, 6.45) is 3.26. The second-order valence-electron chi connectivity index (χ2n) is 4.99. The number of aromatic nitrogens is 2. The van der Waals surface area contributed by atoms with Crippen molar-refractivity contribution in [2.24, 2.45) is 0 Å². The smallest absolute Gasteiger partial charge is 0.358 e. The number of aliphatic hydroxyl groups is 1. The van der Waals surface area contributed by atoms with Crippen molar-refractivity contribution in [2.45, 2.75) is 20.5 Å². The lowest BCUT2D eigenvalue weighted by molar-refractivity contribution is 0.0510. The van der Waals surface area contributed by atoms with Crippen LogP contribution in [0.3, 0.4) is 0 Å². The van der Waals surface area contributed by atoms with Crippen molar-refractivity contribution in [1.82, 2.24) is 9.97 Å². The summed E-state index contributed by atoms with van der Waals surface area (Å²) in [5.74, 6) is -1.14. The van der Waals surface area contributed by atoms with Gasteiger partial charge in [-0.15, -0.1) is 0 Å². The Balaban J connectivity index is 0.000000280. The van der Waals surface area contributed by atoms with Gasteiger partial charge >= 0.3 is 11.9 Å². The number of nitrogens with zero attached hydrogens (tertiary/aromatic N) is 2. The molecule has 0 radical (unpaired) electrons. The highest BCUT2D eigenvalue weighted by Gasteiger charge is 2.14. The molecular weight excluding hydrogens is 411 g/mol. The number of ether oxygens (including phenoxy) is 2. The Hall–Kier alpha value is -2.55. The van der Waals surface area contributed by atoms with Gasteiger partial charge in [0.25, 0.3) is 0 Å². The molecule has 10 heteroatoms. The molecule has 0 aliphatic rings. The zero-order valence-electron chi connectivity index (χ0n) is 15.1. The fourth-order valence-corrected chi connectivity index (χ4v) is 2.30. The molecule has 0 amide bonds. The van der Waals surface area contributed by atoms with Gasteiger partial charge in [0.15, 0.2) is 17.7 Å². The highest BCUT2D eigenvalue weighted by Crippen LogP contribution is 2.16. The molecule has 2 aromatic rings. The van der Waals surface area contributed by atoms with Gasteiger partial charge in [0.1, 0.15) is 0 Å². The van der Waals surface area contributed by atoms with E-state index in [9.17, 15) is 14.4 Å². The average molecular weight is 429 g/mol. The zero-order chi connectivity index (χ0) is 21.1. The van der Waals surface area contributed by atoms with E-state index in [1.807, 2.05) is 0 Å². The second kappa shape index (κ2) is 12.0. The summed E-state index contributed by atoms with van der Waals surface area (Å²) in [4.78, 5) is 40.3. The number of aliphatic hydroxyl groups excluding tert-OH is 1. The van der Waals surface area contributed by atoms with Crippen LogP contribution in [-0.4, -0.2) is 46.5 Å². The summed E-state index contributed by atoms with van der Waals surface area (Å²) in [5, 5.41) is 9.09. The Morgan fingerprint density at radius 2 is 1.50 bits per heavy atom. The Morgan fingerprint density at radius 3 is 1.89 bits per heavy atom. The minimum atomic E-state index is -0.588. The van der Waals surface area contributed by atoms with Crippen LogP contribution in [0.15, 0.2) is 24.5 Å². The topological polar surface area (TPSA) is 116 Å². The number of carbonyl (C=O) groups is 3. The maximum Gasteiger partial charge on any atom is 0.358 e. The third-order valence-corrected chi connectivity index (χ3v) is 3.59. The molecule has 8 nitrogen and oxygen atoms in total. The van der Waals surface area contributed by atoms with E-state index in [4.69, 9.17) is 37.8 Å². The van der Waals surface area contributed by atoms with Crippen LogP contribution in [0.2, 0.25) is 10.0 Å². The molecule has 0 unspecified atom stereocenters. The Bertz CT molecular complexity index is 845. The van der Waals surface area contributed by atoms with Gasteiger partial charge in [-0.1, -0.05) is 23.2 Å². The molecule has 0 aliphatic carbocycles. The van der Waals surface area contributed by atoms with Crippen molar-refractivity contribution in [3.63, 3.8) is 0 Å². The van der Waals surface area contributed by atoms with Crippen molar-refractivity contribution in [1.29, 1.82) is 0 Å². The Morgan fingerprint density at radius 1 is 1.00 bits per heavy atom. The summed E-state index contributed by atoms with van der Waals surface area (Å²) in [7, 11) is 0. The van der Waals surface area contributed by atoms with E-state index in [0.29, 0.717) is 17.4 Å². The van der Waals surface area contributed by atoms with E-state index < -0.39 is 11.9 Å². The zero-order valence-corrected chi connectivity index (χ0v) is 16.7. The predicted octanol–water partition coefficient (Wildman–Crippen LogP) is 3.13. The number of pyridine rings is 2. The van der Waals surface area contributed by atoms with E-state index in [0.717, 1.165) is 0 Å². The molecule has 0 saturated carbocycles. The van der Waals surface area contributed by atoms with Crippen LogP contribution in [0.4, 0.5) is 0 Å². The van der Waals surface area contributed by atoms with Crippen LogP contribution in [0.1, 0.15) is 50.7 Å². The lowest BCUT2D eigenvalue weighted by Gasteiger charge is -2.03. The van der Waals surface area contributed by atoms with Crippen molar-refractivity contribution in [2.75, 3.05) is 13.2 Å². The molecule has 1 N–H and O–H groups in total. The van der Waals surface area contributed by atoms with Gasteiger partial charge in [0, 0.05) is 18.0 Å². The quantitative estimate of drug-likeness (QED) is 0.550. The Labute approximate surface area is 171 Å². The number of hydrogen-bond acceptors (Lipinski definition) is 8. The standard InChI is InChI=1S/C9H10ClNO3.C9H8ClNO3/c2*1-2-14-9(13)8-7(10)3-6(5-12)4-11-8/h3-4,12H,2,5H2,1H3;3-5H,2H2,1H3. The molecule has 0 spiro atoms. The van der Waals surface area contributed by atoms with E-state index in [-0.39, 0.29) is 41.3 Å². The van der Waals surface area contributed by atoms with E-state index >= 15 is 0 Å². The SMILES string of the molecule is CCOC(=O)c1ncc(C=O)cc1Cl.CCOC(=O)c1ncc(CO)cc1Cl. The highest BCUT2D eigenvalue weighted by atomic mass is 35.5. The lowest BCUT2D eigenvalue weighted by Crippen LogP contribution is -2.08. The Kier molecular flexibility index (Phi) is 10.1. The molecule has 2 rings (SSSR count). The maximum atomic E-state index is 11.2. The number of esters is 2. The molecule has 0 atom stereocenters. The minimum absolute atomic E-state index is 0.0270. The van der Waals surface area contributed by atoms with Crippen LogP contribution in [0.5, 0.6) is 0 Å². The molecule has 0 fully saturated rings. The molecule has 2 heterocycles. The van der Waals surface area contributed by atoms with E-state index in [1.165, 1.54) is 24.5 Å². The normalized spacial score (nSPS) is 9.75. The molecule has 2 aromatic heterocycles. The first-order valence-electron chi connectivity index (χ1n) is 8.08. The van der Waals surface area contributed by atoms with Crippen LogP contribution >= 0.6 is 23.2 Å². The third-order valence-electron chi connectivity index (χ3n) is 3.02. The molecule has 28 heavy (non-hydrogen) atoms. The molecular formula is C18H18Cl2N2O6. The number of carbonyl (C=O) groups excluding carboxylic acids is 3. The number of halogens is 2. The second-order valence-corrected chi connectivity index (χ2v) is 5.80. The summed E-state index contributed by atoms with van der Waals surface area (Å²) < 4.78 is 9.44. The number of hydrogen-bond donors (Lipinski definition) is 1. The van der Waals surface area contributed by atoms with Crippen LogP contribution in [0, 0.1) is 0 Å². The average Bonchev–Trinajstić information content (AvgIpc) is 2.68. The third kappa shape index (κ3) is 6.88. The van der Waals surface area contributed by atoms with Crippen molar-refractivity contribution in [3.05, 3.63) is 57.1 Å². The van der Waals surface area contributed by atoms with E-state index in [2.05, 4.69) is 9.97 Å². The maximum absolute atomic E-state index is 11.2. The van der Waals surface area contributed by atoms with Crippen LogP contribution in [-0.2, 0) is 16.1 Å². The fourth-order valence-electron chi connectivity index (χ4n) is 1.78. The lowest BCUT2D eigenvalue weighted by atomic mass is 10.2. The van der Waals surface area contributed by atoms with Crippen molar-refractivity contribution in [3.8, 4) is 0 Å². The predicted molar refractivity (Wildman–Crippen MR) is 102 cm³/mol. The fraction of sp³-hybridized carbons (Fsp3) is 0.278. The van der Waals surface area contributed by atoms with Gasteiger partial charge < -0.3 is 14.6 Å². The molecule has 0 bridgehead atoms. The largest absolute Gasteiger partial charge is 0.461 e. The van der Waals surface area contributed by atoms with Gasteiger partial charge in [-0.25, -0.2) is 19.6 Å². The molecule has 0 aromatic carbocycles. The summed E-state index contributed by atoms with van der Waals surface area (Å²) in [6.45, 7) is 3.76. The summed E-state index contributed by atoms with van der Waals surface area (Å²) in [5.41, 5.74) is 0.982. The van der Waals surface area contributed by atoms with Crippen LogP contribution in [0.25, 0.3) is 0 Å². The van der Waals surface area contributed by atoms with Gasteiger partial charge in [0.05, 0.1) is 29.9 Å². The first-order valence-corrected chi connectivity index (χ1v) is 8.83. The summed E-state index contributed by atoms with van der Waals surface area (Å²) in [6, 6.07) is 2.86. The monoisotopic (exact) mass is 428 g/mol. The van der Waals surface area contributed by atoms with Crippen molar-refractivity contribution < 1.29 is 29.0 Å². The minimum Gasteiger partial charge on any atom is -0.461 e. The first kappa shape index (κ1) is 23.5. The number of rotatable bonds is 6. The molecule has 0 aliphatic heterocycles. The van der Waals surface area contributed by atoms with Gasteiger partial charge in [-0.3, -0.25) is 4.79 Å². The van der Waals surface area contributed by atoms with Gasteiger partial charge in [0.2, 0.25) is 0 Å². The van der Waals surface area contributed by atoms with Gasteiger partial charge in [-0.2, -0.15) is 0 Å². The van der Waals surface area contributed by atoms with E-state index in [1.54, 1.807) is 13.8 Å². The first-order chi connectivity index (χ1) is 13.4. The van der Waals surface area contributed by atoms with Crippen LogP contribution < -0.4 is 0 Å². The molecule has 150 valence electrons. The highest BCUT2D eigenvalue weighted by molar-refractivity contribution is 6.33. The summed E-state index contributed by atoms with van der Waals surface area (Å²) >= 11 is 11.5. The number of aldehydes is 1. The van der Waals surface area contributed by atoms with Gasteiger partial charge in [-0.05, 0) is 31.5 Å². The molecule has 0 saturated heterocycles. The van der Waals surface area contributed by atoms with Crippen molar-refractivity contribution >= 4 is 41.4 Å².